The predicted molar refractivity (Wildman–Crippen MR) is 162 cm³/mol. The molecule has 2 aromatic rings. The number of ether oxygens (including phenoxy) is 1. The van der Waals surface area contributed by atoms with Gasteiger partial charge in [-0.15, -0.1) is 12.4 Å². The van der Waals surface area contributed by atoms with E-state index in [2.05, 4.69) is 29.3 Å². The third-order valence-electron chi connectivity index (χ3n) is 8.94. The second-order valence-electron chi connectivity index (χ2n) is 11.8. The molecule has 6 nitrogen and oxygen atoms in total. The molecule has 5 rings (SSSR count). The highest BCUT2D eigenvalue weighted by molar-refractivity contribution is 5.97. The van der Waals surface area contributed by atoms with Crippen LogP contribution in [0.15, 0.2) is 54.6 Å². The Labute approximate surface area is 246 Å². The molecule has 1 saturated carbocycles. The number of carbonyl (C=O) groups is 2. The number of likely N-dealkylation sites (tertiary alicyclic amines) is 1. The first kappa shape index (κ1) is 30.4. The Bertz CT molecular complexity index is 1070. The van der Waals surface area contributed by atoms with Gasteiger partial charge in [-0.2, -0.15) is 0 Å². The summed E-state index contributed by atoms with van der Waals surface area (Å²) in [6, 6.07) is 17.5. The van der Waals surface area contributed by atoms with Crippen LogP contribution in [0.3, 0.4) is 0 Å². The molecule has 2 atom stereocenters. The topological polar surface area (TPSA) is 61.9 Å². The molecule has 2 aromatic carbocycles. The average Bonchev–Trinajstić information content (AvgIpc) is 2.97. The summed E-state index contributed by atoms with van der Waals surface area (Å²) < 4.78 is 5.93. The molecule has 1 unspecified atom stereocenters. The van der Waals surface area contributed by atoms with Crippen molar-refractivity contribution >= 4 is 24.2 Å². The highest BCUT2D eigenvalue weighted by Crippen LogP contribution is 2.32. The van der Waals surface area contributed by atoms with Gasteiger partial charge in [-0.3, -0.25) is 14.5 Å². The number of piperidine rings is 1. The van der Waals surface area contributed by atoms with Gasteiger partial charge in [0.25, 0.3) is 0 Å². The van der Waals surface area contributed by atoms with E-state index in [9.17, 15) is 9.59 Å². The fourth-order valence-electron chi connectivity index (χ4n) is 6.73. The molecule has 0 spiro atoms. The number of nitrogens with zero attached hydrogens (tertiary/aromatic N) is 2. The summed E-state index contributed by atoms with van der Waals surface area (Å²) in [6.07, 6.45) is 10.9. The van der Waals surface area contributed by atoms with Crippen molar-refractivity contribution in [3.8, 4) is 11.5 Å². The fraction of sp³-hybridized carbons (Fsp3) is 0.576. The minimum Gasteiger partial charge on any atom is -0.457 e. The van der Waals surface area contributed by atoms with Crippen LogP contribution in [0.25, 0.3) is 0 Å². The van der Waals surface area contributed by atoms with Crippen LogP contribution in [0, 0.1) is 11.8 Å². The van der Waals surface area contributed by atoms with Crippen molar-refractivity contribution in [1.82, 2.24) is 15.1 Å². The van der Waals surface area contributed by atoms with Crippen molar-refractivity contribution in [3.63, 3.8) is 0 Å². The van der Waals surface area contributed by atoms with Crippen LogP contribution in [0.1, 0.15) is 76.7 Å². The zero-order valence-corrected chi connectivity index (χ0v) is 24.7. The molecule has 2 heterocycles. The number of rotatable bonds is 10. The van der Waals surface area contributed by atoms with E-state index in [4.69, 9.17) is 4.74 Å². The van der Waals surface area contributed by atoms with Crippen molar-refractivity contribution < 1.29 is 14.3 Å². The third-order valence-corrected chi connectivity index (χ3v) is 8.94. The highest BCUT2D eigenvalue weighted by Gasteiger charge is 2.45. The normalized spacial score (nSPS) is 23.0. The van der Waals surface area contributed by atoms with Gasteiger partial charge < -0.3 is 15.0 Å². The SMILES string of the molecule is CCCCN1C(=O)[C@H](CC2CCCCC2)NC(=O)C1C1CCN(Cc2ccc(Oc3ccccc3)cc2)CC1.Cl. The minimum absolute atomic E-state index is 0. The van der Waals surface area contributed by atoms with Gasteiger partial charge >= 0.3 is 0 Å². The maximum atomic E-state index is 13.6. The van der Waals surface area contributed by atoms with Crippen molar-refractivity contribution in [2.75, 3.05) is 19.6 Å². The van der Waals surface area contributed by atoms with Gasteiger partial charge in [0.15, 0.2) is 0 Å². The number of para-hydroxylation sites is 1. The molecule has 0 bridgehead atoms. The van der Waals surface area contributed by atoms with E-state index in [0.29, 0.717) is 12.5 Å². The molecular formula is C33H46ClN3O3. The van der Waals surface area contributed by atoms with E-state index in [-0.39, 0.29) is 42.2 Å². The summed E-state index contributed by atoms with van der Waals surface area (Å²) in [5.74, 6) is 2.72. The largest absolute Gasteiger partial charge is 0.457 e. The lowest BCUT2D eigenvalue weighted by atomic mass is 9.82. The number of hydrogen-bond donors (Lipinski definition) is 1. The Morgan fingerprint density at radius 2 is 1.55 bits per heavy atom. The molecule has 2 amide bonds. The first-order valence-corrected chi connectivity index (χ1v) is 15.3. The number of carbonyl (C=O) groups excluding carboxylic acids is 2. The molecule has 2 saturated heterocycles. The smallest absolute Gasteiger partial charge is 0.245 e. The van der Waals surface area contributed by atoms with Crippen LogP contribution in [-0.2, 0) is 16.1 Å². The summed E-state index contributed by atoms with van der Waals surface area (Å²) in [5, 5.41) is 3.19. The molecule has 1 aliphatic carbocycles. The minimum atomic E-state index is -0.331. The van der Waals surface area contributed by atoms with Crippen LogP contribution in [0.5, 0.6) is 11.5 Å². The Balaban J connectivity index is 0.00000370. The second-order valence-corrected chi connectivity index (χ2v) is 11.8. The zero-order valence-electron chi connectivity index (χ0n) is 23.9. The lowest BCUT2D eigenvalue weighted by Gasteiger charge is -2.45. The van der Waals surface area contributed by atoms with E-state index in [1.54, 1.807) is 0 Å². The van der Waals surface area contributed by atoms with E-state index >= 15 is 0 Å². The van der Waals surface area contributed by atoms with Crippen LogP contribution < -0.4 is 10.1 Å². The number of nitrogens with one attached hydrogen (secondary N) is 1. The fourth-order valence-corrected chi connectivity index (χ4v) is 6.73. The zero-order chi connectivity index (χ0) is 27.0. The molecule has 3 fully saturated rings. The molecule has 40 heavy (non-hydrogen) atoms. The molecule has 0 aromatic heterocycles. The maximum absolute atomic E-state index is 13.6. The Hall–Kier alpha value is -2.57. The molecule has 218 valence electrons. The molecule has 7 heteroatoms. The number of unbranched alkanes of at least 4 members (excludes halogenated alkanes) is 1. The first-order chi connectivity index (χ1) is 19.1. The van der Waals surface area contributed by atoms with Crippen molar-refractivity contribution in [2.45, 2.75) is 89.8 Å². The number of benzene rings is 2. The monoisotopic (exact) mass is 567 g/mol. The van der Waals surface area contributed by atoms with Gasteiger partial charge in [-0.1, -0.05) is 75.8 Å². The van der Waals surface area contributed by atoms with Crippen LogP contribution in [0.4, 0.5) is 0 Å². The lowest BCUT2D eigenvalue weighted by molar-refractivity contribution is -0.153. The van der Waals surface area contributed by atoms with Gasteiger partial charge in [0.05, 0.1) is 0 Å². The van der Waals surface area contributed by atoms with E-state index < -0.39 is 0 Å². The Morgan fingerprint density at radius 3 is 2.23 bits per heavy atom. The van der Waals surface area contributed by atoms with Crippen molar-refractivity contribution in [3.05, 3.63) is 60.2 Å². The summed E-state index contributed by atoms with van der Waals surface area (Å²) in [5.41, 5.74) is 1.26. The van der Waals surface area contributed by atoms with Crippen molar-refractivity contribution in [2.24, 2.45) is 11.8 Å². The summed E-state index contributed by atoms with van der Waals surface area (Å²) in [4.78, 5) is 31.6. The van der Waals surface area contributed by atoms with Gasteiger partial charge in [0.1, 0.15) is 23.6 Å². The maximum Gasteiger partial charge on any atom is 0.245 e. The van der Waals surface area contributed by atoms with Gasteiger partial charge in [-0.05, 0) is 80.4 Å². The lowest BCUT2D eigenvalue weighted by Crippen LogP contribution is -2.66. The van der Waals surface area contributed by atoms with Gasteiger partial charge in [-0.25, -0.2) is 0 Å². The molecular weight excluding hydrogens is 522 g/mol. The summed E-state index contributed by atoms with van der Waals surface area (Å²) in [6.45, 7) is 5.63. The van der Waals surface area contributed by atoms with Gasteiger partial charge in [0.2, 0.25) is 11.8 Å². The third kappa shape index (κ3) is 7.79. The van der Waals surface area contributed by atoms with E-state index in [1.165, 1.54) is 37.7 Å². The highest BCUT2D eigenvalue weighted by atomic mass is 35.5. The van der Waals surface area contributed by atoms with E-state index in [0.717, 1.165) is 63.2 Å². The molecule has 2 aliphatic heterocycles. The summed E-state index contributed by atoms with van der Waals surface area (Å²) >= 11 is 0. The Kier molecular flexibility index (Phi) is 11.3. The summed E-state index contributed by atoms with van der Waals surface area (Å²) in [7, 11) is 0. The standard InChI is InChI=1S/C33H45N3O3.ClH/c1-2-3-20-36-31(32(37)34-30(33(36)38)23-25-10-6-4-7-11-25)27-18-21-35(22-19-27)24-26-14-16-29(17-15-26)39-28-12-8-5-9-13-28;/h5,8-9,12-17,25,27,30-31H,2-4,6-7,10-11,18-24H2,1H3,(H,34,37);1H/t30-,31?;/m0./s1. The molecule has 0 radical (unpaired) electrons. The first-order valence-electron chi connectivity index (χ1n) is 15.3. The number of hydrogen-bond acceptors (Lipinski definition) is 4. The van der Waals surface area contributed by atoms with Gasteiger partial charge in [0, 0.05) is 13.1 Å². The van der Waals surface area contributed by atoms with E-state index in [1.807, 2.05) is 47.4 Å². The number of halogens is 1. The molecule has 3 aliphatic rings. The predicted octanol–water partition coefficient (Wildman–Crippen LogP) is 6.58. The average molecular weight is 568 g/mol. The second kappa shape index (κ2) is 14.9. The number of piperazine rings is 1. The number of amides is 2. The van der Waals surface area contributed by atoms with Crippen molar-refractivity contribution in [1.29, 1.82) is 0 Å². The van der Waals surface area contributed by atoms with Crippen LogP contribution >= 0.6 is 12.4 Å². The van der Waals surface area contributed by atoms with Crippen LogP contribution in [-0.4, -0.2) is 53.3 Å². The quantitative estimate of drug-likeness (QED) is 0.352. The van der Waals surface area contributed by atoms with Crippen LogP contribution in [0.2, 0.25) is 0 Å². The Morgan fingerprint density at radius 1 is 0.875 bits per heavy atom. The molecule has 1 N–H and O–H groups in total.